The molecule has 0 saturated heterocycles. The number of hydrogen-bond acceptors (Lipinski definition) is 3. The zero-order chi connectivity index (χ0) is 17.3. The summed E-state index contributed by atoms with van der Waals surface area (Å²) in [5, 5.41) is 0. The van der Waals surface area contributed by atoms with Crippen LogP contribution in [0.25, 0.3) is 0 Å². The lowest BCUT2D eigenvalue weighted by atomic mass is 9.76. The molecule has 0 bridgehead atoms. The van der Waals surface area contributed by atoms with Crippen LogP contribution in [0.4, 0.5) is 0 Å². The average Bonchev–Trinajstić information content (AvgIpc) is 2.44. The smallest absolute Gasteiger partial charge is 0.198 e. The van der Waals surface area contributed by atoms with Crippen molar-refractivity contribution in [1.82, 2.24) is 4.90 Å². The molecule has 0 N–H and O–H groups in total. The lowest BCUT2D eigenvalue weighted by molar-refractivity contribution is -0.118. The standard InChI is InChI=1S/C20H29NO2/c1-15-7-9-16(10-8-15)23-14-18(22)17-13-21(19(2,3)4)12-11-20(17,5)6/h7-10,13H,11-12,14H2,1-6H3. The first-order valence-corrected chi connectivity index (χ1v) is 8.31. The van der Waals surface area contributed by atoms with Crippen molar-refractivity contribution in [1.29, 1.82) is 0 Å². The number of hydrogen-bond donors (Lipinski definition) is 0. The number of benzene rings is 1. The molecule has 1 aliphatic rings. The third-order valence-corrected chi connectivity index (χ3v) is 4.54. The lowest BCUT2D eigenvalue weighted by Gasteiger charge is -2.43. The Morgan fingerprint density at radius 2 is 1.83 bits per heavy atom. The Kier molecular flexibility index (Phi) is 4.88. The van der Waals surface area contributed by atoms with E-state index in [1.165, 1.54) is 5.56 Å². The van der Waals surface area contributed by atoms with Gasteiger partial charge in [0.15, 0.2) is 12.4 Å². The van der Waals surface area contributed by atoms with Crippen molar-refractivity contribution in [2.24, 2.45) is 5.41 Å². The topological polar surface area (TPSA) is 29.5 Å². The summed E-state index contributed by atoms with van der Waals surface area (Å²) in [7, 11) is 0. The van der Waals surface area contributed by atoms with Crippen molar-refractivity contribution in [3.8, 4) is 5.75 Å². The van der Waals surface area contributed by atoms with Gasteiger partial charge in [0.1, 0.15) is 5.75 Å². The quantitative estimate of drug-likeness (QED) is 0.827. The van der Waals surface area contributed by atoms with Crippen LogP contribution >= 0.6 is 0 Å². The molecular weight excluding hydrogens is 286 g/mol. The van der Waals surface area contributed by atoms with Crippen LogP contribution in [0.15, 0.2) is 36.0 Å². The molecule has 0 unspecified atom stereocenters. The Bertz CT molecular complexity index is 591. The van der Waals surface area contributed by atoms with E-state index in [-0.39, 0.29) is 23.3 Å². The fourth-order valence-electron chi connectivity index (χ4n) is 2.77. The number of Topliss-reactive ketones (excluding diaryl/α,β-unsaturated/α-hetero) is 1. The van der Waals surface area contributed by atoms with Gasteiger partial charge < -0.3 is 9.64 Å². The van der Waals surface area contributed by atoms with Gasteiger partial charge in [-0.3, -0.25) is 4.79 Å². The van der Waals surface area contributed by atoms with Crippen LogP contribution in [0.5, 0.6) is 5.75 Å². The molecule has 1 aliphatic heterocycles. The van der Waals surface area contributed by atoms with Crippen LogP contribution in [0.3, 0.4) is 0 Å². The van der Waals surface area contributed by atoms with E-state index in [2.05, 4.69) is 39.5 Å². The predicted molar refractivity (Wildman–Crippen MR) is 94.6 cm³/mol. The summed E-state index contributed by atoms with van der Waals surface area (Å²) in [5.41, 5.74) is 1.97. The van der Waals surface area contributed by atoms with E-state index in [0.717, 1.165) is 24.3 Å². The van der Waals surface area contributed by atoms with E-state index in [1.54, 1.807) is 0 Å². The van der Waals surface area contributed by atoms with Gasteiger partial charge in [-0.25, -0.2) is 0 Å². The number of nitrogens with zero attached hydrogens (tertiary/aromatic N) is 1. The highest BCUT2D eigenvalue weighted by Gasteiger charge is 2.35. The van der Waals surface area contributed by atoms with Gasteiger partial charge in [-0.15, -0.1) is 0 Å². The van der Waals surface area contributed by atoms with Crippen LogP contribution in [-0.4, -0.2) is 29.4 Å². The largest absolute Gasteiger partial charge is 0.485 e. The van der Waals surface area contributed by atoms with E-state index in [1.807, 2.05) is 37.4 Å². The number of aryl methyl sites for hydroxylation is 1. The van der Waals surface area contributed by atoms with Crippen molar-refractivity contribution >= 4 is 5.78 Å². The van der Waals surface area contributed by atoms with E-state index < -0.39 is 0 Å². The zero-order valence-electron chi connectivity index (χ0n) is 15.3. The number of carbonyl (C=O) groups is 1. The molecule has 1 heterocycles. The fraction of sp³-hybridized carbons (Fsp3) is 0.550. The summed E-state index contributed by atoms with van der Waals surface area (Å²) in [6.07, 6.45) is 3.02. The molecule has 126 valence electrons. The van der Waals surface area contributed by atoms with E-state index in [0.29, 0.717) is 0 Å². The molecule has 3 nitrogen and oxygen atoms in total. The number of ketones is 1. The summed E-state index contributed by atoms with van der Waals surface area (Å²) in [5.74, 6) is 0.815. The van der Waals surface area contributed by atoms with Gasteiger partial charge in [0, 0.05) is 23.9 Å². The second-order valence-corrected chi connectivity index (χ2v) is 8.07. The van der Waals surface area contributed by atoms with Crippen LogP contribution in [0, 0.1) is 12.3 Å². The molecule has 1 aromatic rings. The molecule has 0 aliphatic carbocycles. The highest BCUT2D eigenvalue weighted by molar-refractivity contribution is 5.97. The molecule has 0 aromatic heterocycles. The molecule has 3 heteroatoms. The molecule has 0 radical (unpaired) electrons. The van der Waals surface area contributed by atoms with Gasteiger partial charge >= 0.3 is 0 Å². The molecule has 2 rings (SSSR count). The number of carbonyl (C=O) groups excluding carboxylic acids is 1. The van der Waals surface area contributed by atoms with Crippen molar-refractivity contribution < 1.29 is 9.53 Å². The van der Waals surface area contributed by atoms with Gasteiger partial charge in [-0.1, -0.05) is 31.5 Å². The average molecular weight is 315 g/mol. The van der Waals surface area contributed by atoms with E-state index >= 15 is 0 Å². The van der Waals surface area contributed by atoms with Gasteiger partial charge in [0.05, 0.1) is 0 Å². The molecule has 0 spiro atoms. The third-order valence-electron chi connectivity index (χ3n) is 4.54. The van der Waals surface area contributed by atoms with Crippen molar-refractivity contribution in [3.05, 3.63) is 41.6 Å². The number of rotatable bonds is 4. The summed E-state index contributed by atoms with van der Waals surface area (Å²) in [6.45, 7) is 13.9. The molecule has 0 amide bonds. The Hall–Kier alpha value is -1.77. The maximum Gasteiger partial charge on any atom is 0.198 e. The highest BCUT2D eigenvalue weighted by atomic mass is 16.5. The Morgan fingerprint density at radius 3 is 2.39 bits per heavy atom. The Balaban J connectivity index is 2.11. The Labute approximate surface area is 140 Å². The molecule has 0 fully saturated rings. The first-order chi connectivity index (χ1) is 10.6. The first-order valence-electron chi connectivity index (χ1n) is 8.31. The minimum absolute atomic E-state index is 0.0276. The SMILES string of the molecule is Cc1ccc(OCC(=O)C2=CN(C(C)(C)C)CCC2(C)C)cc1. The molecular formula is C20H29NO2. The molecule has 0 atom stereocenters. The third kappa shape index (κ3) is 4.37. The second-order valence-electron chi connectivity index (χ2n) is 8.07. The highest BCUT2D eigenvalue weighted by Crippen LogP contribution is 2.37. The fourth-order valence-corrected chi connectivity index (χ4v) is 2.77. The van der Waals surface area contributed by atoms with Crippen LogP contribution in [0.2, 0.25) is 0 Å². The first kappa shape index (κ1) is 17.6. The summed E-state index contributed by atoms with van der Waals surface area (Å²) < 4.78 is 5.68. The van der Waals surface area contributed by atoms with Gasteiger partial charge in [-0.05, 0) is 51.7 Å². The number of ether oxygens (including phenoxy) is 1. The van der Waals surface area contributed by atoms with E-state index in [9.17, 15) is 4.79 Å². The summed E-state index contributed by atoms with van der Waals surface area (Å²) >= 11 is 0. The van der Waals surface area contributed by atoms with Crippen molar-refractivity contribution in [2.75, 3.05) is 13.2 Å². The van der Waals surface area contributed by atoms with Gasteiger partial charge in [-0.2, -0.15) is 0 Å². The summed E-state index contributed by atoms with van der Waals surface area (Å²) in [6, 6.07) is 7.80. The van der Waals surface area contributed by atoms with Crippen molar-refractivity contribution in [2.45, 2.75) is 53.5 Å². The van der Waals surface area contributed by atoms with Gasteiger partial charge in [0.25, 0.3) is 0 Å². The monoisotopic (exact) mass is 315 g/mol. The predicted octanol–water partition coefficient (Wildman–Crippen LogP) is 4.36. The minimum atomic E-state index is -0.102. The zero-order valence-corrected chi connectivity index (χ0v) is 15.3. The van der Waals surface area contributed by atoms with Crippen LogP contribution < -0.4 is 4.74 Å². The second kappa shape index (κ2) is 6.38. The minimum Gasteiger partial charge on any atom is -0.485 e. The van der Waals surface area contributed by atoms with E-state index in [4.69, 9.17) is 4.74 Å². The van der Waals surface area contributed by atoms with Crippen LogP contribution in [0.1, 0.15) is 46.6 Å². The van der Waals surface area contributed by atoms with Crippen LogP contribution in [-0.2, 0) is 4.79 Å². The van der Waals surface area contributed by atoms with Crippen molar-refractivity contribution in [3.63, 3.8) is 0 Å². The molecule has 0 saturated carbocycles. The maximum absolute atomic E-state index is 12.7. The normalized spacial score (nSPS) is 17.7. The van der Waals surface area contributed by atoms with Gasteiger partial charge in [0.2, 0.25) is 0 Å². The molecule has 1 aromatic carbocycles. The Morgan fingerprint density at radius 1 is 1.22 bits per heavy atom. The lowest BCUT2D eigenvalue weighted by Crippen LogP contribution is -2.44. The molecule has 23 heavy (non-hydrogen) atoms. The maximum atomic E-state index is 12.7. The summed E-state index contributed by atoms with van der Waals surface area (Å²) in [4.78, 5) is 15.0.